The highest BCUT2D eigenvalue weighted by molar-refractivity contribution is 7.16. The number of aromatic nitrogens is 1. The van der Waals surface area contributed by atoms with Crippen LogP contribution in [0.4, 0.5) is 0 Å². The molecule has 1 amide bonds. The van der Waals surface area contributed by atoms with Crippen molar-refractivity contribution in [3.63, 3.8) is 0 Å². The molecular formula is C29H39ClN4O5S. The van der Waals surface area contributed by atoms with Crippen LogP contribution < -0.4 is 15.5 Å². The summed E-state index contributed by atoms with van der Waals surface area (Å²) in [5.74, 6) is -0.239. The number of carbonyl (C=O) groups excluding carboxylic acids is 2. The number of thiazole rings is 1. The summed E-state index contributed by atoms with van der Waals surface area (Å²) < 4.78 is 6.00. The van der Waals surface area contributed by atoms with Gasteiger partial charge in [-0.2, -0.15) is 0 Å². The zero-order chi connectivity index (χ0) is 29.1. The topological polar surface area (TPSA) is 124 Å². The number of esters is 1. The van der Waals surface area contributed by atoms with Gasteiger partial charge in [0.15, 0.2) is 0 Å². The van der Waals surface area contributed by atoms with Crippen molar-refractivity contribution in [3.05, 3.63) is 62.2 Å². The fraction of sp³-hybridized carbons (Fsp3) is 0.483. The van der Waals surface area contributed by atoms with Crippen LogP contribution >= 0.6 is 22.9 Å². The lowest BCUT2D eigenvalue weighted by molar-refractivity contribution is -0.145. The van der Waals surface area contributed by atoms with Crippen LogP contribution in [0, 0.1) is 5.41 Å². The Morgan fingerprint density at radius 1 is 1.05 bits per heavy atom. The third kappa shape index (κ3) is 10.2. The van der Waals surface area contributed by atoms with Crippen LogP contribution in [0.1, 0.15) is 38.3 Å². The first-order valence-electron chi connectivity index (χ1n) is 13.4. The molecule has 0 radical (unpaired) electrons. The minimum atomic E-state index is -0.396. The SMILES string of the molecule is CC(=O)OCC(C)(C)CN(CCNCCc1ccc(O)c2[nH]c(=O)sc12)C(=O)CCNCCc1ccc(Cl)cc1. The van der Waals surface area contributed by atoms with Gasteiger partial charge < -0.3 is 30.4 Å². The van der Waals surface area contributed by atoms with Crippen molar-refractivity contribution in [2.45, 2.75) is 40.0 Å². The molecule has 11 heteroatoms. The van der Waals surface area contributed by atoms with Crippen molar-refractivity contribution in [2.24, 2.45) is 5.41 Å². The van der Waals surface area contributed by atoms with Gasteiger partial charge in [-0.15, -0.1) is 0 Å². The normalized spacial score (nSPS) is 11.6. The molecule has 0 aliphatic carbocycles. The minimum Gasteiger partial charge on any atom is -0.506 e. The molecule has 9 nitrogen and oxygen atoms in total. The maximum Gasteiger partial charge on any atom is 0.305 e. The van der Waals surface area contributed by atoms with Gasteiger partial charge in [0.25, 0.3) is 0 Å². The van der Waals surface area contributed by atoms with Crippen LogP contribution in [0.2, 0.25) is 5.02 Å². The second-order valence-corrected chi connectivity index (χ2v) is 12.0. The zero-order valence-electron chi connectivity index (χ0n) is 23.3. The Hall–Kier alpha value is -2.92. The number of ether oxygens (including phenoxy) is 1. The van der Waals surface area contributed by atoms with Gasteiger partial charge in [0, 0.05) is 50.0 Å². The van der Waals surface area contributed by atoms with Crippen molar-refractivity contribution >= 4 is 45.0 Å². The number of aromatic amines is 1. The molecule has 0 bridgehead atoms. The molecule has 0 saturated heterocycles. The number of benzene rings is 2. The van der Waals surface area contributed by atoms with E-state index in [0.29, 0.717) is 56.1 Å². The number of amides is 1. The van der Waals surface area contributed by atoms with E-state index in [1.54, 1.807) is 6.07 Å². The van der Waals surface area contributed by atoms with Crippen LogP contribution in [-0.2, 0) is 27.2 Å². The molecule has 0 fully saturated rings. The molecule has 0 saturated carbocycles. The highest BCUT2D eigenvalue weighted by Crippen LogP contribution is 2.27. The third-order valence-electron chi connectivity index (χ3n) is 6.43. The Balaban J connectivity index is 1.49. The van der Waals surface area contributed by atoms with E-state index >= 15 is 0 Å². The van der Waals surface area contributed by atoms with E-state index in [9.17, 15) is 19.5 Å². The van der Waals surface area contributed by atoms with Crippen molar-refractivity contribution in [3.8, 4) is 5.75 Å². The van der Waals surface area contributed by atoms with Crippen LogP contribution in [0.3, 0.4) is 0 Å². The zero-order valence-corrected chi connectivity index (χ0v) is 24.9. The first-order valence-corrected chi connectivity index (χ1v) is 14.6. The average molecular weight is 591 g/mol. The van der Waals surface area contributed by atoms with Gasteiger partial charge in [-0.05, 0) is 55.3 Å². The molecule has 3 rings (SSSR count). The van der Waals surface area contributed by atoms with Crippen molar-refractivity contribution in [1.82, 2.24) is 20.5 Å². The number of hydrogen-bond acceptors (Lipinski definition) is 8. The van der Waals surface area contributed by atoms with Gasteiger partial charge in [0.2, 0.25) is 5.91 Å². The van der Waals surface area contributed by atoms with E-state index in [0.717, 1.165) is 34.6 Å². The van der Waals surface area contributed by atoms with Crippen molar-refractivity contribution in [1.29, 1.82) is 0 Å². The first-order chi connectivity index (χ1) is 19.0. The summed E-state index contributed by atoms with van der Waals surface area (Å²) in [4.78, 5) is 40.6. The van der Waals surface area contributed by atoms with Gasteiger partial charge in [-0.3, -0.25) is 14.4 Å². The molecule has 0 unspecified atom stereocenters. The minimum absolute atomic E-state index is 0.0361. The summed E-state index contributed by atoms with van der Waals surface area (Å²) in [6, 6.07) is 11.2. The van der Waals surface area contributed by atoms with E-state index in [2.05, 4.69) is 15.6 Å². The maximum atomic E-state index is 13.2. The molecule has 40 heavy (non-hydrogen) atoms. The van der Waals surface area contributed by atoms with Gasteiger partial charge in [-0.1, -0.05) is 55.0 Å². The summed E-state index contributed by atoms with van der Waals surface area (Å²) >= 11 is 7.03. The van der Waals surface area contributed by atoms with E-state index in [1.807, 2.05) is 49.1 Å². The molecule has 0 spiro atoms. The average Bonchev–Trinajstić information content (AvgIpc) is 3.31. The van der Waals surface area contributed by atoms with Crippen LogP contribution in [0.15, 0.2) is 41.2 Å². The highest BCUT2D eigenvalue weighted by atomic mass is 35.5. The standard InChI is InChI=1S/C29H39ClN4O5S/c1-20(35)39-19-29(2,3)18-34(25(37)12-15-31-13-10-21-4-7-23(30)8-5-21)17-16-32-14-11-22-6-9-24(36)26-27(22)40-28(38)33-26/h4-9,31-32,36H,10-19H2,1-3H3,(H,33,38). The largest absolute Gasteiger partial charge is 0.506 e. The number of aromatic hydroxyl groups is 1. The van der Waals surface area contributed by atoms with E-state index in [1.165, 1.54) is 12.5 Å². The van der Waals surface area contributed by atoms with E-state index < -0.39 is 5.41 Å². The lowest BCUT2D eigenvalue weighted by Crippen LogP contribution is -2.45. The number of halogens is 1. The lowest BCUT2D eigenvalue weighted by atomic mass is 9.93. The molecule has 218 valence electrons. The quantitative estimate of drug-likeness (QED) is 0.148. The van der Waals surface area contributed by atoms with Gasteiger partial charge >= 0.3 is 10.8 Å². The Labute approximate surface area is 243 Å². The number of nitrogens with zero attached hydrogens (tertiary/aromatic N) is 1. The predicted octanol–water partition coefficient (Wildman–Crippen LogP) is 3.72. The van der Waals surface area contributed by atoms with Gasteiger partial charge in [-0.25, -0.2) is 0 Å². The van der Waals surface area contributed by atoms with Crippen LogP contribution in [0.25, 0.3) is 10.2 Å². The molecule has 0 atom stereocenters. The fourth-order valence-corrected chi connectivity index (χ4v) is 5.37. The summed E-state index contributed by atoms with van der Waals surface area (Å²) in [5.41, 5.74) is 2.24. The molecule has 1 aromatic heterocycles. The molecule has 0 aliphatic heterocycles. The van der Waals surface area contributed by atoms with Crippen molar-refractivity contribution < 1.29 is 19.4 Å². The summed E-state index contributed by atoms with van der Waals surface area (Å²) in [6.07, 6.45) is 1.89. The third-order valence-corrected chi connectivity index (χ3v) is 7.64. The smallest absolute Gasteiger partial charge is 0.305 e. The predicted molar refractivity (Wildman–Crippen MR) is 160 cm³/mol. The Kier molecular flexibility index (Phi) is 12.0. The molecule has 2 aromatic carbocycles. The highest BCUT2D eigenvalue weighted by Gasteiger charge is 2.26. The number of fused-ring (bicyclic) bond motifs is 1. The molecule has 0 aliphatic rings. The van der Waals surface area contributed by atoms with Gasteiger partial charge in [0.05, 0.1) is 11.3 Å². The summed E-state index contributed by atoms with van der Waals surface area (Å²) in [7, 11) is 0. The first kappa shape index (κ1) is 31.6. The number of carbonyl (C=O) groups is 2. The van der Waals surface area contributed by atoms with Crippen molar-refractivity contribution in [2.75, 3.05) is 45.9 Å². The maximum absolute atomic E-state index is 13.2. The fourth-order valence-electron chi connectivity index (χ4n) is 4.35. The Morgan fingerprint density at radius 2 is 1.75 bits per heavy atom. The lowest BCUT2D eigenvalue weighted by Gasteiger charge is -2.32. The van der Waals surface area contributed by atoms with E-state index in [-0.39, 0.29) is 29.1 Å². The second kappa shape index (κ2) is 15.2. The van der Waals surface area contributed by atoms with Gasteiger partial charge in [0.1, 0.15) is 11.3 Å². The van der Waals surface area contributed by atoms with E-state index in [4.69, 9.17) is 16.3 Å². The van der Waals surface area contributed by atoms with Crippen LogP contribution in [0.5, 0.6) is 5.75 Å². The molecular weight excluding hydrogens is 552 g/mol. The number of phenolic OH excluding ortho intramolecular Hbond substituents is 1. The molecule has 3 aromatic rings. The number of nitrogens with one attached hydrogen (secondary N) is 3. The summed E-state index contributed by atoms with van der Waals surface area (Å²) in [6.45, 7) is 9.10. The summed E-state index contributed by atoms with van der Waals surface area (Å²) in [5, 5.41) is 17.4. The number of phenols is 1. The number of hydrogen-bond donors (Lipinski definition) is 4. The number of rotatable bonds is 16. The van der Waals surface area contributed by atoms with Crippen LogP contribution in [-0.4, -0.2) is 72.7 Å². The number of H-pyrrole nitrogens is 1. The monoisotopic (exact) mass is 590 g/mol. The molecule has 4 N–H and O–H groups in total. The Morgan fingerprint density at radius 3 is 2.48 bits per heavy atom. The molecule has 1 heterocycles. The Bertz CT molecular complexity index is 1320. The second-order valence-electron chi connectivity index (χ2n) is 10.6.